The van der Waals surface area contributed by atoms with Crippen LogP contribution in [0.25, 0.3) is 0 Å². The van der Waals surface area contributed by atoms with Gasteiger partial charge in [-0.05, 0) is 19.9 Å². The number of para-hydroxylation sites is 1. The van der Waals surface area contributed by atoms with Crippen LogP contribution in [0.3, 0.4) is 0 Å². The molecule has 6 nitrogen and oxygen atoms in total. The minimum absolute atomic E-state index is 0.233. The van der Waals surface area contributed by atoms with E-state index in [2.05, 4.69) is 10.2 Å². The molecule has 0 saturated carbocycles. The molecule has 0 bridgehead atoms. The monoisotopic (exact) mass is 309 g/mol. The van der Waals surface area contributed by atoms with E-state index in [4.69, 9.17) is 4.74 Å². The van der Waals surface area contributed by atoms with Crippen LogP contribution in [0.15, 0.2) is 29.2 Å². The van der Waals surface area contributed by atoms with Crippen molar-refractivity contribution in [3.63, 3.8) is 0 Å². The van der Waals surface area contributed by atoms with Crippen molar-refractivity contribution in [1.29, 1.82) is 0 Å². The molecule has 0 aliphatic heterocycles. The van der Waals surface area contributed by atoms with E-state index in [9.17, 15) is 8.42 Å². The number of hydrogen-bond acceptors (Lipinski definition) is 4. The van der Waals surface area contributed by atoms with Crippen molar-refractivity contribution in [2.45, 2.75) is 25.3 Å². The second-order valence-electron chi connectivity index (χ2n) is 4.84. The van der Waals surface area contributed by atoms with E-state index in [1.54, 1.807) is 28.0 Å². The predicted octanol–water partition coefficient (Wildman–Crippen LogP) is 1.86. The maximum atomic E-state index is 12.7. The van der Waals surface area contributed by atoms with Gasteiger partial charge in [-0.2, -0.15) is 9.40 Å². The molecule has 0 aliphatic rings. The Balaban J connectivity index is 2.34. The van der Waals surface area contributed by atoms with E-state index < -0.39 is 10.0 Å². The fourth-order valence-electron chi connectivity index (χ4n) is 2.24. The number of aromatic nitrogens is 2. The van der Waals surface area contributed by atoms with Crippen molar-refractivity contribution in [2.24, 2.45) is 0 Å². The van der Waals surface area contributed by atoms with Crippen LogP contribution in [0.2, 0.25) is 0 Å². The van der Waals surface area contributed by atoms with Crippen molar-refractivity contribution in [2.75, 3.05) is 14.2 Å². The van der Waals surface area contributed by atoms with Crippen molar-refractivity contribution >= 4 is 10.0 Å². The summed E-state index contributed by atoms with van der Waals surface area (Å²) in [5.74, 6) is 0.667. The first-order valence-electron chi connectivity index (χ1n) is 6.47. The Morgan fingerprint density at radius 2 is 1.95 bits per heavy atom. The van der Waals surface area contributed by atoms with Gasteiger partial charge in [0.05, 0.1) is 18.5 Å². The third kappa shape index (κ3) is 2.93. The highest BCUT2D eigenvalue weighted by molar-refractivity contribution is 7.89. The maximum absolute atomic E-state index is 12.7. The number of ether oxygens (including phenoxy) is 1. The van der Waals surface area contributed by atoms with Crippen LogP contribution in [0.4, 0.5) is 0 Å². The van der Waals surface area contributed by atoms with E-state index in [1.165, 1.54) is 4.31 Å². The number of benzene rings is 1. The molecule has 1 aromatic heterocycles. The van der Waals surface area contributed by atoms with Crippen LogP contribution in [-0.4, -0.2) is 37.1 Å². The fraction of sp³-hybridized carbons (Fsp3) is 0.357. The molecule has 0 aliphatic carbocycles. The van der Waals surface area contributed by atoms with E-state index in [1.807, 2.05) is 24.3 Å². The van der Waals surface area contributed by atoms with Gasteiger partial charge in [0.2, 0.25) is 10.0 Å². The summed E-state index contributed by atoms with van der Waals surface area (Å²) < 4.78 is 31.9. The number of nitrogens with zero attached hydrogens (tertiary/aromatic N) is 2. The van der Waals surface area contributed by atoms with Gasteiger partial charge in [-0.25, -0.2) is 8.42 Å². The van der Waals surface area contributed by atoms with Gasteiger partial charge in [0, 0.05) is 19.2 Å². The number of H-pyrrole nitrogens is 1. The third-order valence-electron chi connectivity index (χ3n) is 3.31. The number of nitrogens with one attached hydrogen (secondary N) is 1. The molecule has 0 fully saturated rings. The normalized spacial score (nSPS) is 11.9. The molecule has 0 atom stereocenters. The van der Waals surface area contributed by atoms with Gasteiger partial charge in [-0.1, -0.05) is 18.2 Å². The summed E-state index contributed by atoms with van der Waals surface area (Å²) >= 11 is 0. The summed E-state index contributed by atoms with van der Waals surface area (Å²) in [4.78, 5) is 0.236. The summed E-state index contributed by atoms with van der Waals surface area (Å²) in [5.41, 5.74) is 1.82. The Kier molecular flexibility index (Phi) is 4.34. The number of aromatic amines is 1. The van der Waals surface area contributed by atoms with E-state index in [-0.39, 0.29) is 11.4 Å². The van der Waals surface area contributed by atoms with Crippen LogP contribution in [0.5, 0.6) is 5.75 Å². The molecule has 1 aromatic carbocycles. The van der Waals surface area contributed by atoms with Gasteiger partial charge < -0.3 is 4.74 Å². The Bertz CT molecular complexity index is 718. The zero-order chi connectivity index (χ0) is 15.6. The molecule has 114 valence electrons. The quantitative estimate of drug-likeness (QED) is 0.914. The van der Waals surface area contributed by atoms with Gasteiger partial charge in [0.1, 0.15) is 10.6 Å². The highest BCUT2D eigenvalue weighted by Gasteiger charge is 2.27. The zero-order valence-electron chi connectivity index (χ0n) is 12.5. The molecule has 2 aromatic rings. The number of hydrogen-bond donors (Lipinski definition) is 1. The highest BCUT2D eigenvalue weighted by Crippen LogP contribution is 2.24. The minimum atomic E-state index is -3.60. The lowest BCUT2D eigenvalue weighted by atomic mass is 10.2. The standard InChI is InChI=1S/C14H19N3O3S/c1-10-14(11(2)16-15-10)21(18,19)17(3)9-12-7-5-6-8-13(12)20-4/h5-8H,9H2,1-4H3,(H,15,16). The summed E-state index contributed by atoms with van der Waals surface area (Å²) in [7, 11) is -0.480. The molecule has 21 heavy (non-hydrogen) atoms. The lowest BCUT2D eigenvalue weighted by Crippen LogP contribution is -2.27. The van der Waals surface area contributed by atoms with Crippen LogP contribution in [0.1, 0.15) is 17.0 Å². The lowest BCUT2D eigenvalue weighted by Gasteiger charge is -2.18. The molecule has 2 rings (SSSR count). The first kappa shape index (κ1) is 15.5. The number of aryl methyl sites for hydroxylation is 2. The molecule has 7 heteroatoms. The summed E-state index contributed by atoms with van der Waals surface area (Å²) in [5, 5.41) is 6.65. The summed E-state index contributed by atoms with van der Waals surface area (Å²) in [6.07, 6.45) is 0. The largest absolute Gasteiger partial charge is 0.496 e. The Morgan fingerprint density at radius 3 is 2.52 bits per heavy atom. The predicted molar refractivity (Wildman–Crippen MR) is 79.7 cm³/mol. The molecular weight excluding hydrogens is 290 g/mol. The average molecular weight is 309 g/mol. The van der Waals surface area contributed by atoms with Gasteiger partial charge in [-0.3, -0.25) is 5.10 Å². The van der Waals surface area contributed by atoms with Crippen molar-refractivity contribution in [3.8, 4) is 5.75 Å². The van der Waals surface area contributed by atoms with Crippen LogP contribution in [0, 0.1) is 13.8 Å². The molecule has 0 spiro atoms. The third-order valence-corrected chi connectivity index (χ3v) is 5.38. The van der Waals surface area contributed by atoms with Gasteiger partial charge in [0.15, 0.2) is 0 Å². The SMILES string of the molecule is COc1ccccc1CN(C)S(=O)(=O)c1c(C)n[nH]c1C. The van der Waals surface area contributed by atoms with E-state index in [0.29, 0.717) is 17.1 Å². The van der Waals surface area contributed by atoms with Crippen LogP contribution >= 0.6 is 0 Å². The number of sulfonamides is 1. The molecule has 0 radical (unpaired) electrons. The maximum Gasteiger partial charge on any atom is 0.246 e. The van der Waals surface area contributed by atoms with Crippen LogP contribution < -0.4 is 4.74 Å². The second kappa shape index (κ2) is 5.87. The minimum Gasteiger partial charge on any atom is -0.496 e. The first-order chi connectivity index (χ1) is 9.87. The highest BCUT2D eigenvalue weighted by atomic mass is 32.2. The van der Waals surface area contributed by atoms with Gasteiger partial charge in [0.25, 0.3) is 0 Å². The van der Waals surface area contributed by atoms with Crippen molar-refractivity contribution < 1.29 is 13.2 Å². The average Bonchev–Trinajstić information content (AvgIpc) is 2.79. The molecule has 1 heterocycles. The Labute approximate surface area is 124 Å². The molecule has 0 saturated heterocycles. The van der Waals surface area contributed by atoms with Crippen molar-refractivity contribution in [3.05, 3.63) is 41.2 Å². The molecule has 0 unspecified atom stereocenters. The van der Waals surface area contributed by atoms with E-state index in [0.717, 1.165) is 5.56 Å². The Hall–Kier alpha value is -1.86. The second-order valence-corrected chi connectivity index (χ2v) is 6.82. The topological polar surface area (TPSA) is 75.3 Å². The lowest BCUT2D eigenvalue weighted by molar-refractivity contribution is 0.398. The fourth-order valence-corrected chi connectivity index (χ4v) is 3.71. The van der Waals surface area contributed by atoms with E-state index >= 15 is 0 Å². The smallest absolute Gasteiger partial charge is 0.246 e. The first-order valence-corrected chi connectivity index (χ1v) is 7.91. The van der Waals surface area contributed by atoms with Crippen LogP contribution in [-0.2, 0) is 16.6 Å². The molecule has 0 amide bonds. The summed E-state index contributed by atoms with van der Waals surface area (Å²) in [6, 6.07) is 7.36. The Morgan fingerprint density at radius 1 is 1.29 bits per heavy atom. The van der Waals surface area contributed by atoms with Crippen molar-refractivity contribution in [1.82, 2.24) is 14.5 Å². The zero-order valence-corrected chi connectivity index (χ0v) is 13.4. The number of methoxy groups -OCH3 is 1. The molecular formula is C14H19N3O3S. The summed E-state index contributed by atoms with van der Waals surface area (Å²) in [6.45, 7) is 3.60. The van der Waals surface area contributed by atoms with Gasteiger partial charge >= 0.3 is 0 Å². The van der Waals surface area contributed by atoms with Gasteiger partial charge in [-0.15, -0.1) is 0 Å². The molecule has 1 N–H and O–H groups in total. The number of rotatable bonds is 5.